The normalized spacial score (nSPS) is 16.8. The third-order valence-corrected chi connectivity index (χ3v) is 4.92. The molecule has 0 radical (unpaired) electrons. The van der Waals surface area contributed by atoms with Gasteiger partial charge in [0.25, 0.3) is 5.91 Å². The van der Waals surface area contributed by atoms with E-state index in [1.54, 1.807) is 12.0 Å². The fourth-order valence-electron chi connectivity index (χ4n) is 3.42. The van der Waals surface area contributed by atoms with Crippen LogP contribution in [0.3, 0.4) is 0 Å². The van der Waals surface area contributed by atoms with Crippen LogP contribution in [0.1, 0.15) is 35.0 Å². The van der Waals surface area contributed by atoms with Crippen molar-refractivity contribution >= 4 is 5.91 Å². The van der Waals surface area contributed by atoms with Crippen molar-refractivity contribution in [2.24, 2.45) is 0 Å². The van der Waals surface area contributed by atoms with Crippen LogP contribution >= 0.6 is 0 Å². The number of carbonyl (C=O) groups excluding carboxylic acids is 1. The summed E-state index contributed by atoms with van der Waals surface area (Å²) < 4.78 is 23.8. The summed E-state index contributed by atoms with van der Waals surface area (Å²) in [6.45, 7) is 1.15. The highest BCUT2D eigenvalue weighted by Crippen LogP contribution is 2.29. The molecule has 1 fully saturated rings. The van der Waals surface area contributed by atoms with E-state index < -0.39 is 0 Å². The van der Waals surface area contributed by atoms with Crippen LogP contribution in [-0.4, -0.2) is 41.1 Å². The molecule has 1 aliphatic rings. The minimum atomic E-state index is -0.357. The molecule has 4 rings (SSSR count). The third kappa shape index (κ3) is 3.74. The van der Waals surface area contributed by atoms with Gasteiger partial charge < -0.3 is 14.2 Å². The number of halogens is 1. The summed E-state index contributed by atoms with van der Waals surface area (Å²) in [4.78, 5) is 19.0. The zero-order valence-corrected chi connectivity index (χ0v) is 15.5. The SMILES string of the molecule is COc1cccc(-c2noc([C@H]3CCCN(C(=O)c4ccc(F)cc4)C3)n2)c1. The zero-order valence-electron chi connectivity index (χ0n) is 15.5. The Morgan fingerprint density at radius 2 is 2.07 bits per heavy atom. The number of piperidine rings is 1. The molecule has 6 nitrogen and oxygen atoms in total. The van der Waals surface area contributed by atoms with Crippen LogP contribution < -0.4 is 4.74 Å². The largest absolute Gasteiger partial charge is 0.497 e. The van der Waals surface area contributed by atoms with E-state index in [1.807, 2.05) is 24.3 Å². The summed E-state index contributed by atoms with van der Waals surface area (Å²) in [5, 5.41) is 4.09. The van der Waals surface area contributed by atoms with Gasteiger partial charge in [0.2, 0.25) is 11.7 Å². The van der Waals surface area contributed by atoms with E-state index in [4.69, 9.17) is 9.26 Å². The van der Waals surface area contributed by atoms with Gasteiger partial charge in [0.15, 0.2) is 0 Å². The molecule has 3 aromatic rings. The predicted octanol–water partition coefficient (Wildman–Crippen LogP) is 3.90. The number of carbonyl (C=O) groups is 1. The lowest BCUT2D eigenvalue weighted by Gasteiger charge is -2.31. The van der Waals surface area contributed by atoms with Crippen molar-refractivity contribution in [1.82, 2.24) is 15.0 Å². The molecule has 0 spiro atoms. The van der Waals surface area contributed by atoms with Gasteiger partial charge in [-0.25, -0.2) is 4.39 Å². The molecule has 2 heterocycles. The summed E-state index contributed by atoms with van der Waals surface area (Å²) in [6, 6.07) is 13.1. The average Bonchev–Trinajstić information content (AvgIpc) is 3.24. The van der Waals surface area contributed by atoms with Crippen molar-refractivity contribution in [1.29, 1.82) is 0 Å². The van der Waals surface area contributed by atoms with Crippen molar-refractivity contribution in [2.45, 2.75) is 18.8 Å². The molecular weight excluding hydrogens is 361 g/mol. The van der Waals surface area contributed by atoms with Gasteiger partial charge in [-0.2, -0.15) is 4.98 Å². The predicted molar refractivity (Wildman–Crippen MR) is 101 cm³/mol. The number of methoxy groups -OCH3 is 1. The third-order valence-electron chi connectivity index (χ3n) is 4.92. The molecule has 0 bridgehead atoms. The first-order chi connectivity index (χ1) is 13.6. The molecule has 1 atom stereocenters. The minimum Gasteiger partial charge on any atom is -0.497 e. The lowest BCUT2D eigenvalue weighted by Crippen LogP contribution is -2.39. The van der Waals surface area contributed by atoms with E-state index in [2.05, 4.69) is 10.1 Å². The first-order valence-corrected chi connectivity index (χ1v) is 9.17. The van der Waals surface area contributed by atoms with Crippen LogP contribution in [0.4, 0.5) is 4.39 Å². The average molecular weight is 381 g/mol. The molecule has 7 heteroatoms. The van der Waals surface area contributed by atoms with E-state index in [0.717, 1.165) is 24.2 Å². The molecule has 1 aromatic heterocycles. The molecule has 0 unspecified atom stereocenters. The molecule has 28 heavy (non-hydrogen) atoms. The van der Waals surface area contributed by atoms with Crippen molar-refractivity contribution < 1.29 is 18.4 Å². The number of hydrogen-bond acceptors (Lipinski definition) is 5. The van der Waals surface area contributed by atoms with Gasteiger partial charge in [0, 0.05) is 24.2 Å². The Labute approximate surface area is 161 Å². The van der Waals surface area contributed by atoms with Gasteiger partial charge >= 0.3 is 0 Å². The number of ether oxygens (including phenoxy) is 1. The van der Waals surface area contributed by atoms with E-state index in [-0.39, 0.29) is 17.6 Å². The lowest BCUT2D eigenvalue weighted by molar-refractivity contribution is 0.0695. The summed E-state index contributed by atoms with van der Waals surface area (Å²) in [5.41, 5.74) is 1.29. The first-order valence-electron chi connectivity index (χ1n) is 9.17. The number of likely N-dealkylation sites (tertiary alicyclic amines) is 1. The van der Waals surface area contributed by atoms with E-state index in [9.17, 15) is 9.18 Å². The van der Waals surface area contributed by atoms with E-state index >= 15 is 0 Å². The smallest absolute Gasteiger partial charge is 0.253 e. The number of rotatable bonds is 4. The number of hydrogen-bond donors (Lipinski definition) is 0. The standard InChI is InChI=1S/C21H20FN3O3/c1-27-18-6-2-4-15(12-18)19-23-20(28-24-19)16-5-3-11-25(13-16)21(26)14-7-9-17(22)10-8-14/h2,4,6-10,12,16H,3,5,11,13H2,1H3/t16-/m0/s1. The Bertz CT molecular complexity index is 971. The Hall–Kier alpha value is -3.22. The first kappa shape index (κ1) is 18.2. The number of nitrogens with zero attached hydrogens (tertiary/aromatic N) is 3. The second-order valence-electron chi connectivity index (χ2n) is 6.79. The molecule has 144 valence electrons. The molecule has 0 aliphatic carbocycles. The highest BCUT2D eigenvalue weighted by atomic mass is 19.1. The Morgan fingerprint density at radius 3 is 2.86 bits per heavy atom. The molecular formula is C21H20FN3O3. The molecule has 1 saturated heterocycles. The van der Waals surface area contributed by atoms with Crippen LogP contribution in [0.15, 0.2) is 53.1 Å². The second kappa shape index (κ2) is 7.80. The minimum absolute atomic E-state index is 0.0231. The fourth-order valence-corrected chi connectivity index (χ4v) is 3.42. The zero-order chi connectivity index (χ0) is 19.5. The fraction of sp³-hybridized carbons (Fsp3) is 0.286. The van der Waals surface area contributed by atoms with Gasteiger partial charge in [0.05, 0.1) is 13.0 Å². The molecule has 0 N–H and O–H groups in total. The maximum absolute atomic E-state index is 13.1. The lowest BCUT2D eigenvalue weighted by atomic mass is 9.97. The van der Waals surface area contributed by atoms with Gasteiger partial charge in [-0.05, 0) is 49.2 Å². The second-order valence-corrected chi connectivity index (χ2v) is 6.79. The summed E-state index contributed by atoms with van der Waals surface area (Å²) >= 11 is 0. The number of aromatic nitrogens is 2. The van der Waals surface area contributed by atoms with Crippen molar-refractivity contribution in [3.8, 4) is 17.1 Å². The molecule has 2 aromatic carbocycles. The highest BCUT2D eigenvalue weighted by Gasteiger charge is 2.29. The molecule has 1 amide bonds. The van der Waals surface area contributed by atoms with Crippen molar-refractivity contribution in [3.05, 3.63) is 65.8 Å². The van der Waals surface area contributed by atoms with Crippen LogP contribution in [0.2, 0.25) is 0 Å². The van der Waals surface area contributed by atoms with Crippen LogP contribution in [-0.2, 0) is 0 Å². The maximum atomic E-state index is 13.1. The Balaban J connectivity index is 1.49. The summed E-state index contributed by atoms with van der Waals surface area (Å²) in [5.74, 6) is 1.24. The Kier molecular flexibility index (Phi) is 5.06. The van der Waals surface area contributed by atoms with Crippen LogP contribution in [0, 0.1) is 5.82 Å². The van der Waals surface area contributed by atoms with Gasteiger partial charge in [-0.3, -0.25) is 4.79 Å². The topological polar surface area (TPSA) is 68.5 Å². The van der Waals surface area contributed by atoms with Gasteiger partial charge in [-0.15, -0.1) is 0 Å². The van der Waals surface area contributed by atoms with Crippen molar-refractivity contribution in [3.63, 3.8) is 0 Å². The maximum Gasteiger partial charge on any atom is 0.253 e. The van der Waals surface area contributed by atoms with Crippen LogP contribution in [0.25, 0.3) is 11.4 Å². The van der Waals surface area contributed by atoms with Crippen molar-refractivity contribution in [2.75, 3.05) is 20.2 Å². The van der Waals surface area contributed by atoms with Gasteiger partial charge in [0.1, 0.15) is 11.6 Å². The quantitative estimate of drug-likeness (QED) is 0.686. The molecule has 1 aliphatic heterocycles. The highest BCUT2D eigenvalue weighted by molar-refractivity contribution is 5.94. The van der Waals surface area contributed by atoms with E-state index in [0.29, 0.717) is 30.4 Å². The molecule has 0 saturated carbocycles. The summed E-state index contributed by atoms with van der Waals surface area (Å²) in [6.07, 6.45) is 1.71. The van der Waals surface area contributed by atoms with Gasteiger partial charge in [-0.1, -0.05) is 17.3 Å². The number of benzene rings is 2. The summed E-state index contributed by atoms with van der Waals surface area (Å²) in [7, 11) is 1.61. The van der Waals surface area contributed by atoms with E-state index in [1.165, 1.54) is 24.3 Å². The number of amides is 1. The Morgan fingerprint density at radius 1 is 1.25 bits per heavy atom. The monoisotopic (exact) mass is 381 g/mol. The van der Waals surface area contributed by atoms with Crippen LogP contribution in [0.5, 0.6) is 5.75 Å².